The molecule has 146 valence electrons. The Balaban J connectivity index is 1.49. The molecule has 29 heavy (non-hydrogen) atoms. The Bertz CT molecular complexity index is 1280. The summed E-state index contributed by atoms with van der Waals surface area (Å²) in [6.07, 6.45) is 4.97. The second-order valence-corrected chi connectivity index (χ2v) is 8.08. The molecule has 0 aliphatic carbocycles. The van der Waals surface area contributed by atoms with Gasteiger partial charge in [0.2, 0.25) is 0 Å². The molecule has 8 nitrogen and oxygen atoms in total. The minimum Gasteiger partial charge on any atom is -0.321 e. The number of hydrogen-bond acceptors (Lipinski definition) is 5. The Morgan fingerprint density at radius 1 is 1.07 bits per heavy atom. The lowest BCUT2D eigenvalue weighted by Gasteiger charge is -2.08. The highest BCUT2D eigenvalue weighted by atomic mass is 32.2. The summed E-state index contributed by atoms with van der Waals surface area (Å²) < 4.78 is 29.0. The van der Waals surface area contributed by atoms with Crippen LogP contribution in [0, 0.1) is 6.92 Å². The highest BCUT2D eigenvalue weighted by molar-refractivity contribution is 7.92. The smallest absolute Gasteiger partial charge is 0.275 e. The number of nitrogens with one attached hydrogen (secondary N) is 2. The molecule has 0 aliphatic heterocycles. The average molecular weight is 407 g/mol. The third kappa shape index (κ3) is 4.09. The van der Waals surface area contributed by atoms with Crippen LogP contribution in [0.5, 0.6) is 0 Å². The van der Waals surface area contributed by atoms with Gasteiger partial charge in [-0.15, -0.1) is 0 Å². The minimum absolute atomic E-state index is 0.0596. The van der Waals surface area contributed by atoms with Gasteiger partial charge in [-0.1, -0.05) is 6.07 Å². The fraction of sp³-hybridized carbons (Fsp3) is 0.0500. The predicted molar refractivity (Wildman–Crippen MR) is 109 cm³/mol. The van der Waals surface area contributed by atoms with Crippen LogP contribution in [-0.2, 0) is 10.0 Å². The molecule has 0 unspecified atom stereocenters. The number of pyridine rings is 2. The normalized spacial score (nSPS) is 11.3. The number of benzene rings is 1. The van der Waals surface area contributed by atoms with Crippen LogP contribution in [-0.4, -0.2) is 28.7 Å². The first kappa shape index (κ1) is 18.6. The van der Waals surface area contributed by atoms with Gasteiger partial charge in [0, 0.05) is 24.3 Å². The number of carbonyl (C=O) groups excluding carboxylic acids is 1. The van der Waals surface area contributed by atoms with Crippen LogP contribution < -0.4 is 10.0 Å². The fourth-order valence-electron chi connectivity index (χ4n) is 2.73. The minimum atomic E-state index is -3.77. The van der Waals surface area contributed by atoms with Crippen LogP contribution in [0.15, 0.2) is 78.1 Å². The van der Waals surface area contributed by atoms with E-state index < -0.39 is 10.0 Å². The third-order valence-corrected chi connectivity index (χ3v) is 5.55. The van der Waals surface area contributed by atoms with Crippen molar-refractivity contribution in [1.82, 2.24) is 14.4 Å². The number of nitrogens with zero attached hydrogens (tertiary/aromatic N) is 3. The van der Waals surface area contributed by atoms with Crippen LogP contribution in [0.25, 0.3) is 5.65 Å². The van der Waals surface area contributed by atoms with Crippen molar-refractivity contribution in [3.05, 3.63) is 84.4 Å². The molecule has 4 aromatic rings. The van der Waals surface area contributed by atoms with Crippen molar-refractivity contribution in [3.8, 4) is 0 Å². The number of anilines is 2. The Kier molecular flexibility index (Phi) is 4.73. The summed E-state index contributed by atoms with van der Waals surface area (Å²) in [5.41, 5.74) is 2.45. The van der Waals surface area contributed by atoms with E-state index in [1.165, 1.54) is 30.5 Å². The first-order valence-electron chi connectivity index (χ1n) is 8.71. The first-order chi connectivity index (χ1) is 13.9. The third-order valence-electron chi connectivity index (χ3n) is 4.17. The van der Waals surface area contributed by atoms with Gasteiger partial charge in [-0.2, -0.15) is 0 Å². The van der Waals surface area contributed by atoms with Gasteiger partial charge in [0.05, 0.1) is 4.90 Å². The molecule has 4 rings (SSSR count). The number of sulfonamides is 1. The van der Waals surface area contributed by atoms with Gasteiger partial charge in [-0.05, 0) is 61.0 Å². The van der Waals surface area contributed by atoms with E-state index in [0.717, 1.165) is 5.56 Å². The van der Waals surface area contributed by atoms with Gasteiger partial charge in [-0.3, -0.25) is 9.52 Å². The number of imidazole rings is 1. The van der Waals surface area contributed by atoms with Crippen molar-refractivity contribution in [2.45, 2.75) is 11.8 Å². The second-order valence-electron chi connectivity index (χ2n) is 6.39. The maximum atomic E-state index is 12.5. The van der Waals surface area contributed by atoms with Crippen molar-refractivity contribution in [1.29, 1.82) is 0 Å². The number of aryl methyl sites for hydroxylation is 1. The highest BCUT2D eigenvalue weighted by Gasteiger charge is 2.16. The zero-order chi connectivity index (χ0) is 20.4. The largest absolute Gasteiger partial charge is 0.321 e. The molecule has 0 aliphatic rings. The Morgan fingerprint density at radius 2 is 1.86 bits per heavy atom. The van der Waals surface area contributed by atoms with E-state index in [1.54, 1.807) is 28.8 Å². The number of rotatable bonds is 5. The average Bonchev–Trinajstić information content (AvgIpc) is 3.12. The first-order valence-corrected chi connectivity index (χ1v) is 10.2. The summed E-state index contributed by atoms with van der Waals surface area (Å²) in [4.78, 5) is 20.8. The molecule has 1 amide bonds. The van der Waals surface area contributed by atoms with Crippen LogP contribution >= 0.6 is 0 Å². The van der Waals surface area contributed by atoms with Crippen LogP contribution in [0.4, 0.5) is 11.5 Å². The lowest BCUT2D eigenvalue weighted by atomic mass is 10.3. The summed E-state index contributed by atoms with van der Waals surface area (Å²) in [6.45, 7) is 1.95. The molecule has 0 saturated heterocycles. The summed E-state index contributed by atoms with van der Waals surface area (Å²) in [5.74, 6) is -0.152. The van der Waals surface area contributed by atoms with E-state index in [4.69, 9.17) is 0 Å². The molecule has 0 fully saturated rings. The molecule has 3 aromatic heterocycles. The lowest BCUT2D eigenvalue weighted by Crippen LogP contribution is -2.15. The van der Waals surface area contributed by atoms with Crippen molar-refractivity contribution in [2.24, 2.45) is 0 Å². The molecule has 0 atom stereocenters. The molecule has 0 spiro atoms. The molecule has 3 heterocycles. The summed E-state index contributed by atoms with van der Waals surface area (Å²) in [7, 11) is -3.77. The van der Waals surface area contributed by atoms with Crippen molar-refractivity contribution in [3.63, 3.8) is 0 Å². The molecule has 0 bridgehead atoms. The second kappa shape index (κ2) is 7.36. The Hall–Kier alpha value is -3.72. The zero-order valence-corrected chi connectivity index (χ0v) is 16.2. The standard InChI is InChI=1S/C20H17N5O3S/c1-14-9-11-25-13-17(23-19(25)12-14)20(26)22-15-5-7-16(8-6-15)29(27,28)24-18-4-2-3-10-21-18/h2-13H,1H3,(H,21,24)(H,22,26). The number of hydrogen-bond donors (Lipinski definition) is 2. The molecule has 9 heteroatoms. The Labute approximate surface area is 167 Å². The number of amides is 1. The van der Waals surface area contributed by atoms with E-state index in [2.05, 4.69) is 20.0 Å². The lowest BCUT2D eigenvalue weighted by molar-refractivity contribution is 0.102. The SMILES string of the molecule is Cc1ccn2cc(C(=O)Nc3ccc(S(=O)(=O)Nc4ccccn4)cc3)nc2c1. The molecule has 0 radical (unpaired) electrons. The number of aromatic nitrogens is 3. The van der Waals surface area contributed by atoms with Gasteiger partial charge in [0.15, 0.2) is 0 Å². The summed E-state index contributed by atoms with van der Waals surface area (Å²) >= 11 is 0. The topological polar surface area (TPSA) is 105 Å². The summed E-state index contributed by atoms with van der Waals surface area (Å²) in [5, 5.41) is 2.72. The highest BCUT2D eigenvalue weighted by Crippen LogP contribution is 2.18. The van der Waals surface area contributed by atoms with Crippen LogP contribution in [0.1, 0.15) is 16.1 Å². The van der Waals surface area contributed by atoms with Gasteiger partial charge < -0.3 is 9.72 Å². The maximum absolute atomic E-state index is 12.5. The molecule has 1 aromatic carbocycles. The van der Waals surface area contributed by atoms with E-state index in [9.17, 15) is 13.2 Å². The van der Waals surface area contributed by atoms with E-state index in [0.29, 0.717) is 11.3 Å². The molecular formula is C20H17N5O3S. The zero-order valence-electron chi connectivity index (χ0n) is 15.4. The summed E-state index contributed by atoms with van der Waals surface area (Å²) in [6, 6.07) is 14.6. The number of carbonyl (C=O) groups is 1. The predicted octanol–water partition coefficient (Wildman–Crippen LogP) is 3.09. The fourth-order valence-corrected chi connectivity index (χ4v) is 3.73. The van der Waals surface area contributed by atoms with Gasteiger partial charge in [0.25, 0.3) is 15.9 Å². The molecule has 0 saturated carbocycles. The van der Waals surface area contributed by atoms with Crippen LogP contribution in [0.3, 0.4) is 0 Å². The number of fused-ring (bicyclic) bond motifs is 1. The Morgan fingerprint density at radius 3 is 2.59 bits per heavy atom. The monoisotopic (exact) mass is 407 g/mol. The van der Waals surface area contributed by atoms with Gasteiger partial charge >= 0.3 is 0 Å². The van der Waals surface area contributed by atoms with E-state index in [-0.39, 0.29) is 22.3 Å². The maximum Gasteiger partial charge on any atom is 0.275 e. The van der Waals surface area contributed by atoms with E-state index in [1.807, 2.05) is 25.3 Å². The van der Waals surface area contributed by atoms with E-state index >= 15 is 0 Å². The van der Waals surface area contributed by atoms with Crippen molar-refractivity contribution < 1.29 is 13.2 Å². The molecule has 2 N–H and O–H groups in total. The van der Waals surface area contributed by atoms with Crippen molar-refractivity contribution >= 4 is 33.1 Å². The quantitative estimate of drug-likeness (QED) is 0.529. The van der Waals surface area contributed by atoms with Crippen LogP contribution in [0.2, 0.25) is 0 Å². The van der Waals surface area contributed by atoms with Crippen molar-refractivity contribution in [2.75, 3.05) is 10.0 Å². The van der Waals surface area contributed by atoms with Gasteiger partial charge in [-0.25, -0.2) is 18.4 Å². The molecular weight excluding hydrogens is 390 g/mol. The van der Waals surface area contributed by atoms with Gasteiger partial charge in [0.1, 0.15) is 17.2 Å².